The van der Waals surface area contributed by atoms with Gasteiger partial charge in [-0.15, -0.1) is 0 Å². The Bertz CT molecular complexity index is 413. The lowest BCUT2D eigenvalue weighted by Crippen LogP contribution is -2.34. The van der Waals surface area contributed by atoms with Crippen LogP contribution in [-0.2, 0) is 0 Å². The molecule has 1 aromatic rings. The third-order valence-electron chi connectivity index (χ3n) is 4.63. The van der Waals surface area contributed by atoms with Crippen LogP contribution in [0.1, 0.15) is 56.7 Å². The molecule has 1 saturated heterocycles. The molecule has 2 heterocycles. The zero-order valence-electron chi connectivity index (χ0n) is 10.1. The van der Waals surface area contributed by atoms with Crippen LogP contribution in [0.25, 0.3) is 0 Å². The second kappa shape index (κ2) is 3.72. The summed E-state index contributed by atoms with van der Waals surface area (Å²) in [5.41, 5.74) is 0. The molecule has 0 bridgehead atoms. The maximum atomic E-state index is 5.46. The summed E-state index contributed by atoms with van der Waals surface area (Å²) in [4.78, 5) is 6.97. The number of hydrogen-bond acceptors (Lipinski definition) is 4. The van der Waals surface area contributed by atoms with Crippen LogP contribution in [0.2, 0.25) is 0 Å². The van der Waals surface area contributed by atoms with Crippen molar-refractivity contribution >= 4 is 6.01 Å². The molecule has 4 heteroatoms. The molecule has 1 aromatic heterocycles. The summed E-state index contributed by atoms with van der Waals surface area (Å²) < 4.78 is 5.46. The molecule has 3 aliphatic rings. The second-order valence-corrected chi connectivity index (χ2v) is 5.80. The Labute approximate surface area is 101 Å². The maximum Gasteiger partial charge on any atom is 0.324 e. The first-order valence-electron chi connectivity index (χ1n) is 7.02. The Hall–Kier alpha value is -1.06. The van der Waals surface area contributed by atoms with Gasteiger partial charge in [-0.05, 0) is 38.0 Å². The van der Waals surface area contributed by atoms with Crippen molar-refractivity contribution in [3.8, 4) is 0 Å². The molecule has 2 unspecified atom stereocenters. The number of fused-ring (bicyclic) bond motifs is 1. The number of aromatic nitrogens is 2. The van der Waals surface area contributed by atoms with Gasteiger partial charge >= 0.3 is 6.01 Å². The maximum absolute atomic E-state index is 5.46. The standard InChI is InChI=1S/C13H19N3O/c1-2-4-11-9(3-1)7-8-16(11)13-14-12(15-17-13)10-5-6-10/h9-11H,1-8H2. The molecule has 2 atom stereocenters. The largest absolute Gasteiger partial charge is 0.324 e. The summed E-state index contributed by atoms with van der Waals surface area (Å²) in [5, 5.41) is 4.13. The normalized spacial score (nSPS) is 32.8. The second-order valence-electron chi connectivity index (χ2n) is 5.80. The van der Waals surface area contributed by atoms with Gasteiger partial charge in [-0.25, -0.2) is 0 Å². The van der Waals surface area contributed by atoms with E-state index in [1.807, 2.05) is 0 Å². The van der Waals surface area contributed by atoms with Gasteiger partial charge in [-0.3, -0.25) is 0 Å². The van der Waals surface area contributed by atoms with E-state index in [1.165, 1.54) is 44.9 Å². The summed E-state index contributed by atoms with van der Waals surface area (Å²) in [6.07, 6.45) is 9.27. The molecule has 0 N–H and O–H groups in total. The molecule has 0 radical (unpaired) electrons. The van der Waals surface area contributed by atoms with Gasteiger partial charge in [0.15, 0.2) is 5.82 Å². The number of anilines is 1. The summed E-state index contributed by atoms with van der Waals surface area (Å²) in [6.45, 7) is 1.11. The average molecular weight is 233 g/mol. The Balaban J connectivity index is 1.56. The van der Waals surface area contributed by atoms with Gasteiger partial charge in [0.2, 0.25) is 0 Å². The highest BCUT2D eigenvalue weighted by molar-refractivity contribution is 5.31. The summed E-state index contributed by atoms with van der Waals surface area (Å²) >= 11 is 0. The summed E-state index contributed by atoms with van der Waals surface area (Å²) in [7, 11) is 0. The highest BCUT2D eigenvalue weighted by Gasteiger charge is 2.39. The quantitative estimate of drug-likeness (QED) is 0.787. The van der Waals surface area contributed by atoms with Crippen LogP contribution in [0.15, 0.2) is 4.52 Å². The fourth-order valence-corrected chi connectivity index (χ4v) is 3.49. The van der Waals surface area contributed by atoms with E-state index in [4.69, 9.17) is 4.52 Å². The first-order valence-corrected chi connectivity index (χ1v) is 7.02. The van der Waals surface area contributed by atoms with Crippen LogP contribution in [0, 0.1) is 5.92 Å². The fraction of sp³-hybridized carbons (Fsp3) is 0.846. The number of hydrogen-bond donors (Lipinski definition) is 0. The number of nitrogens with zero attached hydrogens (tertiary/aromatic N) is 3. The molecule has 0 aromatic carbocycles. The predicted octanol–water partition coefficient (Wildman–Crippen LogP) is 2.72. The van der Waals surface area contributed by atoms with Crippen molar-refractivity contribution in [1.82, 2.24) is 10.1 Å². The van der Waals surface area contributed by atoms with E-state index in [0.29, 0.717) is 12.0 Å². The van der Waals surface area contributed by atoms with Crippen LogP contribution < -0.4 is 4.90 Å². The van der Waals surface area contributed by atoms with E-state index < -0.39 is 0 Å². The summed E-state index contributed by atoms with van der Waals surface area (Å²) in [5.74, 6) is 2.41. The van der Waals surface area contributed by atoms with E-state index in [1.54, 1.807) is 0 Å². The molecule has 1 aliphatic heterocycles. The Kier molecular flexibility index (Phi) is 2.17. The van der Waals surface area contributed by atoms with Gasteiger partial charge in [0.05, 0.1) is 0 Å². The van der Waals surface area contributed by atoms with Crippen molar-refractivity contribution in [2.75, 3.05) is 11.4 Å². The van der Waals surface area contributed by atoms with Crippen molar-refractivity contribution < 1.29 is 4.52 Å². The lowest BCUT2D eigenvalue weighted by molar-refractivity contribution is 0.327. The molecular formula is C13H19N3O. The smallest absolute Gasteiger partial charge is 0.321 e. The minimum Gasteiger partial charge on any atom is -0.321 e. The van der Waals surface area contributed by atoms with Crippen molar-refractivity contribution in [2.45, 2.75) is 56.9 Å². The third kappa shape index (κ3) is 1.65. The molecular weight excluding hydrogens is 214 g/mol. The van der Waals surface area contributed by atoms with E-state index in [0.717, 1.165) is 24.3 Å². The predicted molar refractivity (Wildman–Crippen MR) is 64.0 cm³/mol. The van der Waals surface area contributed by atoms with Gasteiger partial charge in [0, 0.05) is 18.5 Å². The van der Waals surface area contributed by atoms with Gasteiger partial charge < -0.3 is 9.42 Å². The van der Waals surface area contributed by atoms with Crippen LogP contribution in [0.4, 0.5) is 6.01 Å². The monoisotopic (exact) mass is 233 g/mol. The molecule has 3 fully saturated rings. The lowest BCUT2D eigenvalue weighted by Gasteiger charge is -2.30. The van der Waals surface area contributed by atoms with E-state index in [2.05, 4.69) is 15.0 Å². The first-order chi connectivity index (χ1) is 8.42. The molecule has 2 aliphatic carbocycles. The Morgan fingerprint density at radius 2 is 1.94 bits per heavy atom. The minimum absolute atomic E-state index is 0.595. The van der Waals surface area contributed by atoms with E-state index in [-0.39, 0.29) is 0 Å². The van der Waals surface area contributed by atoms with Crippen LogP contribution in [0.5, 0.6) is 0 Å². The Morgan fingerprint density at radius 3 is 2.82 bits per heavy atom. The lowest BCUT2D eigenvalue weighted by atomic mass is 9.85. The topological polar surface area (TPSA) is 42.2 Å². The average Bonchev–Trinajstić information content (AvgIpc) is 2.95. The highest BCUT2D eigenvalue weighted by Crippen LogP contribution is 2.41. The van der Waals surface area contributed by atoms with Gasteiger partial charge in [0.25, 0.3) is 0 Å². The fourth-order valence-electron chi connectivity index (χ4n) is 3.49. The molecule has 0 amide bonds. The van der Waals surface area contributed by atoms with Crippen molar-refractivity contribution in [3.05, 3.63) is 5.82 Å². The van der Waals surface area contributed by atoms with E-state index in [9.17, 15) is 0 Å². The van der Waals surface area contributed by atoms with Gasteiger partial charge in [0.1, 0.15) is 0 Å². The molecule has 0 spiro atoms. The molecule has 17 heavy (non-hydrogen) atoms. The molecule has 4 rings (SSSR count). The van der Waals surface area contributed by atoms with Crippen molar-refractivity contribution in [1.29, 1.82) is 0 Å². The van der Waals surface area contributed by atoms with Crippen molar-refractivity contribution in [3.63, 3.8) is 0 Å². The van der Waals surface area contributed by atoms with Crippen LogP contribution >= 0.6 is 0 Å². The summed E-state index contributed by atoms with van der Waals surface area (Å²) in [6, 6.07) is 1.47. The van der Waals surface area contributed by atoms with Crippen molar-refractivity contribution in [2.24, 2.45) is 5.92 Å². The molecule has 92 valence electrons. The van der Waals surface area contributed by atoms with Gasteiger partial charge in [-0.2, -0.15) is 4.98 Å². The Morgan fingerprint density at radius 1 is 1.06 bits per heavy atom. The third-order valence-corrected chi connectivity index (χ3v) is 4.63. The minimum atomic E-state index is 0.595. The number of rotatable bonds is 2. The zero-order valence-corrected chi connectivity index (χ0v) is 10.1. The van der Waals surface area contributed by atoms with Crippen LogP contribution in [-0.4, -0.2) is 22.7 Å². The van der Waals surface area contributed by atoms with Gasteiger partial charge in [-0.1, -0.05) is 18.0 Å². The van der Waals surface area contributed by atoms with Crippen LogP contribution in [0.3, 0.4) is 0 Å². The molecule has 2 saturated carbocycles. The first kappa shape index (κ1) is 9.92. The SMILES string of the molecule is C1CCC2C(C1)CCN2c1nc(C2CC2)no1. The zero-order chi connectivity index (χ0) is 11.2. The highest BCUT2D eigenvalue weighted by atomic mass is 16.5. The molecule has 4 nitrogen and oxygen atoms in total. The van der Waals surface area contributed by atoms with E-state index >= 15 is 0 Å².